The van der Waals surface area contributed by atoms with Crippen LogP contribution in [0.4, 0.5) is 11.4 Å². The van der Waals surface area contributed by atoms with E-state index in [9.17, 15) is 19.5 Å². The van der Waals surface area contributed by atoms with Crippen molar-refractivity contribution in [1.82, 2.24) is 4.98 Å². The summed E-state index contributed by atoms with van der Waals surface area (Å²) in [6, 6.07) is 16.6. The molecule has 37 heavy (non-hydrogen) atoms. The Bertz CT molecular complexity index is 1350. The molecular weight excluding hydrogens is 466 g/mol. The molecule has 2 amide bonds. The molecule has 4 rings (SSSR count). The standard InChI is InChI=1S/C30H33N3O4/c1-17-9-11-19(3)22(14-17)32-28(35)26-24(34)16-30(5,37)27(25(26)21-8-6-7-13-31-21)29(36)33-23-15-18(2)10-12-20(23)4/h6-15,25-27,37H,16H2,1-5H3,(H,32,35)(H,33,36). The molecule has 7 heteroatoms. The highest BCUT2D eigenvalue weighted by atomic mass is 16.3. The van der Waals surface area contributed by atoms with E-state index < -0.39 is 41.0 Å². The number of pyridine rings is 1. The SMILES string of the molecule is Cc1ccc(C)c(NC(=O)C2C(=O)CC(C)(O)C(C(=O)Nc3cc(C)ccc3C)C2c2ccccn2)c1. The number of hydrogen-bond acceptors (Lipinski definition) is 5. The van der Waals surface area contributed by atoms with Gasteiger partial charge in [0.05, 0.1) is 11.5 Å². The number of aryl methyl sites for hydroxylation is 4. The number of anilines is 2. The number of ketones is 1. The van der Waals surface area contributed by atoms with E-state index >= 15 is 0 Å². The number of Topliss-reactive ketones (excluding diaryl/α,β-unsaturated/α-hetero) is 1. The van der Waals surface area contributed by atoms with Gasteiger partial charge in [0, 0.05) is 35.6 Å². The quantitative estimate of drug-likeness (QED) is 0.444. The fraction of sp³-hybridized carbons (Fsp3) is 0.333. The molecule has 1 aromatic heterocycles. The summed E-state index contributed by atoms with van der Waals surface area (Å²) in [5, 5.41) is 17.3. The van der Waals surface area contributed by atoms with Crippen LogP contribution in [0.5, 0.6) is 0 Å². The van der Waals surface area contributed by atoms with Crippen LogP contribution in [-0.2, 0) is 14.4 Å². The molecule has 1 saturated carbocycles. The Morgan fingerprint density at radius 3 is 2.00 bits per heavy atom. The van der Waals surface area contributed by atoms with E-state index in [1.54, 1.807) is 24.4 Å². The fourth-order valence-electron chi connectivity index (χ4n) is 5.18. The lowest BCUT2D eigenvalue weighted by atomic mass is 9.62. The van der Waals surface area contributed by atoms with E-state index in [0.717, 1.165) is 22.3 Å². The van der Waals surface area contributed by atoms with Gasteiger partial charge in [-0.25, -0.2) is 0 Å². The normalized spacial score (nSPS) is 23.4. The number of nitrogens with one attached hydrogen (secondary N) is 2. The monoisotopic (exact) mass is 499 g/mol. The van der Waals surface area contributed by atoms with Crippen molar-refractivity contribution in [2.24, 2.45) is 11.8 Å². The van der Waals surface area contributed by atoms with E-state index in [0.29, 0.717) is 17.1 Å². The minimum atomic E-state index is -1.68. The lowest BCUT2D eigenvalue weighted by Gasteiger charge is -2.44. The van der Waals surface area contributed by atoms with Crippen LogP contribution in [0.2, 0.25) is 0 Å². The Kier molecular flexibility index (Phi) is 7.28. The molecule has 3 aromatic rings. The van der Waals surface area contributed by atoms with Crippen molar-refractivity contribution in [2.75, 3.05) is 10.6 Å². The van der Waals surface area contributed by atoms with Gasteiger partial charge >= 0.3 is 0 Å². The second-order valence-electron chi connectivity index (χ2n) is 10.4. The Labute approximate surface area is 217 Å². The number of carbonyl (C=O) groups is 3. The van der Waals surface area contributed by atoms with Crippen molar-refractivity contribution in [3.63, 3.8) is 0 Å². The topological polar surface area (TPSA) is 108 Å². The minimum absolute atomic E-state index is 0.327. The van der Waals surface area contributed by atoms with Crippen LogP contribution in [0.25, 0.3) is 0 Å². The number of rotatable bonds is 5. The van der Waals surface area contributed by atoms with E-state index in [1.807, 2.05) is 64.1 Å². The van der Waals surface area contributed by atoms with Crippen LogP contribution in [0, 0.1) is 39.5 Å². The largest absolute Gasteiger partial charge is 0.389 e. The first kappa shape index (κ1) is 26.2. The smallest absolute Gasteiger partial charge is 0.235 e. The van der Waals surface area contributed by atoms with Crippen LogP contribution in [-0.4, -0.2) is 33.3 Å². The summed E-state index contributed by atoms with van der Waals surface area (Å²) in [6.45, 7) is 9.08. The summed E-state index contributed by atoms with van der Waals surface area (Å²) >= 11 is 0. The first-order chi connectivity index (χ1) is 17.5. The molecule has 4 unspecified atom stereocenters. The van der Waals surface area contributed by atoms with E-state index in [1.165, 1.54) is 6.92 Å². The molecule has 0 spiro atoms. The number of nitrogens with zero attached hydrogens (tertiary/aromatic N) is 1. The zero-order valence-corrected chi connectivity index (χ0v) is 21.8. The maximum absolute atomic E-state index is 13.8. The lowest BCUT2D eigenvalue weighted by molar-refractivity contribution is -0.151. The van der Waals surface area contributed by atoms with Gasteiger partial charge in [0.2, 0.25) is 11.8 Å². The van der Waals surface area contributed by atoms with Gasteiger partial charge in [-0.05, 0) is 81.1 Å². The van der Waals surface area contributed by atoms with E-state index in [4.69, 9.17) is 0 Å². The molecule has 192 valence electrons. The summed E-state index contributed by atoms with van der Waals surface area (Å²) in [5.41, 5.74) is 3.59. The summed E-state index contributed by atoms with van der Waals surface area (Å²) in [7, 11) is 0. The predicted molar refractivity (Wildman–Crippen MR) is 143 cm³/mol. The third kappa shape index (κ3) is 5.47. The zero-order valence-electron chi connectivity index (χ0n) is 21.8. The number of aromatic nitrogens is 1. The summed E-state index contributed by atoms with van der Waals surface area (Å²) in [6.07, 6.45) is 1.23. The van der Waals surface area contributed by atoms with Gasteiger partial charge in [0.25, 0.3) is 0 Å². The summed E-state index contributed by atoms with van der Waals surface area (Å²) in [5.74, 6) is -4.69. The Morgan fingerprint density at radius 2 is 1.46 bits per heavy atom. The maximum atomic E-state index is 13.8. The second-order valence-corrected chi connectivity index (χ2v) is 10.4. The van der Waals surface area contributed by atoms with Gasteiger partial charge in [0.1, 0.15) is 11.7 Å². The Hall–Kier alpha value is -3.84. The highest BCUT2D eigenvalue weighted by molar-refractivity contribution is 6.10. The second kappa shape index (κ2) is 10.3. The highest BCUT2D eigenvalue weighted by Gasteiger charge is 2.56. The van der Waals surface area contributed by atoms with Crippen molar-refractivity contribution in [3.8, 4) is 0 Å². The number of amides is 2. The van der Waals surface area contributed by atoms with Crippen molar-refractivity contribution < 1.29 is 19.5 Å². The van der Waals surface area contributed by atoms with Crippen molar-refractivity contribution in [2.45, 2.75) is 52.6 Å². The molecule has 2 aromatic carbocycles. The molecule has 1 aliphatic rings. The average molecular weight is 500 g/mol. The Balaban J connectivity index is 1.77. The number of benzene rings is 2. The van der Waals surface area contributed by atoms with Gasteiger partial charge in [0.15, 0.2) is 0 Å². The molecule has 3 N–H and O–H groups in total. The molecule has 0 aliphatic heterocycles. The van der Waals surface area contributed by atoms with Crippen LogP contribution in [0.15, 0.2) is 60.8 Å². The van der Waals surface area contributed by atoms with Crippen LogP contribution in [0.3, 0.4) is 0 Å². The van der Waals surface area contributed by atoms with Crippen molar-refractivity contribution in [1.29, 1.82) is 0 Å². The first-order valence-electron chi connectivity index (χ1n) is 12.4. The first-order valence-corrected chi connectivity index (χ1v) is 12.4. The Morgan fingerprint density at radius 1 is 0.892 bits per heavy atom. The van der Waals surface area contributed by atoms with Crippen molar-refractivity contribution >= 4 is 29.0 Å². The molecule has 0 saturated heterocycles. The van der Waals surface area contributed by atoms with Crippen LogP contribution < -0.4 is 10.6 Å². The molecule has 1 aliphatic carbocycles. The molecule has 7 nitrogen and oxygen atoms in total. The van der Waals surface area contributed by atoms with Gasteiger partial charge in [-0.15, -0.1) is 0 Å². The van der Waals surface area contributed by atoms with Crippen LogP contribution in [0.1, 0.15) is 47.2 Å². The van der Waals surface area contributed by atoms with Gasteiger partial charge in [-0.1, -0.05) is 30.3 Å². The van der Waals surface area contributed by atoms with Gasteiger partial charge in [-0.3, -0.25) is 19.4 Å². The molecule has 0 bridgehead atoms. The molecular formula is C30H33N3O4. The van der Waals surface area contributed by atoms with E-state index in [2.05, 4.69) is 15.6 Å². The number of hydrogen-bond donors (Lipinski definition) is 3. The summed E-state index contributed by atoms with van der Waals surface area (Å²) < 4.78 is 0. The third-order valence-corrected chi connectivity index (χ3v) is 7.16. The molecule has 4 atom stereocenters. The van der Waals surface area contributed by atoms with E-state index in [-0.39, 0.29) is 6.42 Å². The molecule has 1 fully saturated rings. The van der Waals surface area contributed by atoms with Gasteiger partial charge < -0.3 is 15.7 Å². The fourth-order valence-corrected chi connectivity index (χ4v) is 5.18. The third-order valence-electron chi connectivity index (χ3n) is 7.16. The van der Waals surface area contributed by atoms with Gasteiger partial charge in [-0.2, -0.15) is 0 Å². The lowest BCUT2D eigenvalue weighted by Crippen LogP contribution is -2.56. The number of aliphatic hydroxyl groups is 1. The maximum Gasteiger partial charge on any atom is 0.235 e. The zero-order chi connectivity index (χ0) is 26.9. The molecule has 0 radical (unpaired) electrons. The van der Waals surface area contributed by atoms with Crippen LogP contribution >= 0.6 is 0 Å². The molecule has 1 heterocycles. The summed E-state index contributed by atoms with van der Waals surface area (Å²) in [4.78, 5) is 45.4. The predicted octanol–water partition coefficient (Wildman–Crippen LogP) is 4.63. The highest BCUT2D eigenvalue weighted by Crippen LogP contribution is 2.46. The van der Waals surface area contributed by atoms with Crippen molar-refractivity contribution in [3.05, 3.63) is 88.7 Å². The minimum Gasteiger partial charge on any atom is -0.389 e. The average Bonchev–Trinajstić information content (AvgIpc) is 2.83. The number of carbonyl (C=O) groups excluding carboxylic acids is 3.